The molecular formula is C13H18N2O2. The maximum absolute atomic E-state index is 11.7. The van der Waals surface area contributed by atoms with E-state index in [0.29, 0.717) is 0 Å². The normalized spacial score (nSPS) is 20.3. The van der Waals surface area contributed by atoms with Gasteiger partial charge in [0.1, 0.15) is 11.8 Å². The van der Waals surface area contributed by atoms with E-state index in [9.17, 15) is 4.79 Å². The third-order valence-electron chi connectivity index (χ3n) is 2.97. The van der Waals surface area contributed by atoms with E-state index in [1.165, 1.54) is 0 Å². The molecule has 0 bridgehead atoms. The highest BCUT2D eigenvalue weighted by Crippen LogP contribution is 2.17. The van der Waals surface area contributed by atoms with Crippen molar-refractivity contribution in [3.8, 4) is 5.75 Å². The molecule has 0 spiro atoms. The highest BCUT2D eigenvalue weighted by atomic mass is 16.5. The second kappa shape index (κ2) is 5.57. The van der Waals surface area contributed by atoms with Crippen LogP contribution < -0.4 is 15.4 Å². The highest BCUT2D eigenvalue weighted by molar-refractivity contribution is 5.84. The van der Waals surface area contributed by atoms with E-state index in [1.54, 1.807) is 7.11 Å². The first-order chi connectivity index (χ1) is 8.29. The standard InChI is InChI=1S/C13H18N2O2/c1-17-11-7-5-10(6-8-11)15-12-4-2-3-9-14-13(12)16/h5-8,12,15H,2-4,9H2,1H3,(H,14,16)/t12-/m1/s1. The van der Waals surface area contributed by atoms with Gasteiger partial charge in [-0.1, -0.05) is 0 Å². The summed E-state index contributed by atoms with van der Waals surface area (Å²) in [5, 5.41) is 6.17. The van der Waals surface area contributed by atoms with Gasteiger partial charge in [-0.2, -0.15) is 0 Å². The van der Waals surface area contributed by atoms with E-state index in [2.05, 4.69) is 10.6 Å². The van der Waals surface area contributed by atoms with Crippen molar-refractivity contribution < 1.29 is 9.53 Å². The zero-order chi connectivity index (χ0) is 12.1. The summed E-state index contributed by atoms with van der Waals surface area (Å²) in [5.41, 5.74) is 0.952. The zero-order valence-corrected chi connectivity index (χ0v) is 10.0. The molecule has 0 unspecified atom stereocenters. The molecule has 1 aliphatic rings. The topological polar surface area (TPSA) is 50.4 Å². The molecule has 0 aliphatic carbocycles. The molecule has 4 heteroatoms. The first-order valence-corrected chi connectivity index (χ1v) is 5.98. The average Bonchev–Trinajstić information content (AvgIpc) is 2.56. The molecule has 1 aromatic carbocycles. The number of benzene rings is 1. The second-order valence-corrected chi connectivity index (χ2v) is 4.21. The van der Waals surface area contributed by atoms with E-state index >= 15 is 0 Å². The van der Waals surface area contributed by atoms with Crippen LogP contribution in [-0.4, -0.2) is 25.6 Å². The molecule has 2 rings (SSSR count). The summed E-state index contributed by atoms with van der Waals surface area (Å²) in [6, 6.07) is 7.51. The van der Waals surface area contributed by atoms with Crippen LogP contribution in [0, 0.1) is 0 Å². The number of carbonyl (C=O) groups is 1. The Morgan fingerprint density at radius 3 is 2.76 bits per heavy atom. The molecule has 1 fully saturated rings. The first-order valence-electron chi connectivity index (χ1n) is 5.98. The molecule has 0 radical (unpaired) electrons. The van der Waals surface area contributed by atoms with E-state index in [-0.39, 0.29) is 11.9 Å². The molecule has 1 saturated heterocycles. The summed E-state index contributed by atoms with van der Waals surface area (Å²) in [4.78, 5) is 11.7. The first kappa shape index (κ1) is 11.8. The Morgan fingerprint density at radius 2 is 2.06 bits per heavy atom. The second-order valence-electron chi connectivity index (χ2n) is 4.21. The molecule has 92 valence electrons. The SMILES string of the molecule is COc1ccc(N[C@@H]2CCCCNC2=O)cc1. The van der Waals surface area contributed by atoms with Crippen LogP contribution >= 0.6 is 0 Å². The van der Waals surface area contributed by atoms with Gasteiger partial charge < -0.3 is 15.4 Å². The molecule has 4 nitrogen and oxygen atoms in total. The number of hydrogen-bond donors (Lipinski definition) is 2. The van der Waals surface area contributed by atoms with Gasteiger partial charge in [0.15, 0.2) is 0 Å². The Kier molecular flexibility index (Phi) is 3.85. The molecule has 0 saturated carbocycles. The van der Waals surface area contributed by atoms with Crippen LogP contribution in [0.2, 0.25) is 0 Å². The maximum atomic E-state index is 11.7. The van der Waals surface area contributed by atoms with Crippen molar-refractivity contribution in [2.24, 2.45) is 0 Å². The molecular weight excluding hydrogens is 216 g/mol. The molecule has 1 atom stereocenters. The number of hydrogen-bond acceptors (Lipinski definition) is 3. The van der Waals surface area contributed by atoms with Gasteiger partial charge >= 0.3 is 0 Å². The van der Waals surface area contributed by atoms with Gasteiger partial charge in [0.2, 0.25) is 5.91 Å². The van der Waals surface area contributed by atoms with E-state index in [1.807, 2.05) is 24.3 Å². The molecule has 2 N–H and O–H groups in total. The quantitative estimate of drug-likeness (QED) is 0.838. The maximum Gasteiger partial charge on any atom is 0.242 e. The minimum absolute atomic E-state index is 0.0957. The number of carbonyl (C=O) groups excluding carboxylic acids is 1. The molecule has 0 aromatic heterocycles. The van der Waals surface area contributed by atoms with Crippen LogP contribution in [0.1, 0.15) is 19.3 Å². The van der Waals surface area contributed by atoms with Crippen molar-refractivity contribution in [2.75, 3.05) is 19.0 Å². The lowest BCUT2D eigenvalue weighted by Crippen LogP contribution is -2.37. The van der Waals surface area contributed by atoms with Crippen molar-refractivity contribution >= 4 is 11.6 Å². The Balaban J connectivity index is 2.00. The summed E-state index contributed by atoms with van der Waals surface area (Å²) in [5.74, 6) is 0.916. The lowest BCUT2D eigenvalue weighted by molar-refractivity contribution is -0.121. The van der Waals surface area contributed by atoms with Crippen LogP contribution in [0.15, 0.2) is 24.3 Å². The van der Waals surface area contributed by atoms with Crippen molar-refractivity contribution in [1.29, 1.82) is 0 Å². The Bertz CT molecular complexity index is 376. The Hall–Kier alpha value is -1.71. The lowest BCUT2D eigenvalue weighted by atomic mass is 10.1. The minimum Gasteiger partial charge on any atom is -0.497 e. The van der Waals surface area contributed by atoms with Crippen LogP contribution in [-0.2, 0) is 4.79 Å². The summed E-state index contributed by atoms with van der Waals surface area (Å²) in [6.07, 6.45) is 3.02. The number of methoxy groups -OCH3 is 1. The molecule has 17 heavy (non-hydrogen) atoms. The average molecular weight is 234 g/mol. The Labute approximate surface area is 101 Å². The summed E-state index contributed by atoms with van der Waals surface area (Å²) >= 11 is 0. The highest BCUT2D eigenvalue weighted by Gasteiger charge is 2.19. The van der Waals surface area contributed by atoms with Crippen molar-refractivity contribution in [1.82, 2.24) is 5.32 Å². The molecule has 1 aromatic rings. The number of ether oxygens (including phenoxy) is 1. The third kappa shape index (κ3) is 3.12. The van der Waals surface area contributed by atoms with Crippen LogP contribution in [0.3, 0.4) is 0 Å². The number of nitrogens with one attached hydrogen (secondary N) is 2. The largest absolute Gasteiger partial charge is 0.497 e. The van der Waals surface area contributed by atoms with Crippen molar-refractivity contribution in [3.05, 3.63) is 24.3 Å². The third-order valence-corrected chi connectivity index (χ3v) is 2.97. The minimum atomic E-state index is -0.120. The smallest absolute Gasteiger partial charge is 0.242 e. The fourth-order valence-electron chi connectivity index (χ4n) is 1.97. The van der Waals surface area contributed by atoms with E-state index in [0.717, 1.165) is 37.2 Å². The Morgan fingerprint density at radius 1 is 1.29 bits per heavy atom. The number of rotatable bonds is 3. The fraction of sp³-hybridized carbons (Fsp3) is 0.462. The molecule has 1 amide bonds. The van der Waals surface area contributed by atoms with Crippen molar-refractivity contribution in [3.63, 3.8) is 0 Å². The number of amides is 1. The van der Waals surface area contributed by atoms with E-state index < -0.39 is 0 Å². The fourth-order valence-corrected chi connectivity index (χ4v) is 1.97. The van der Waals surface area contributed by atoms with Gasteiger partial charge in [0.05, 0.1) is 7.11 Å². The van der Waals surface area contributed by atoms with Crippen molar-refractivity contribution in [2.45, 2.75) is 25.3 Å². The van der Waals surface area contributed by atoms with Gasteiger partial charge in [-0.05, 0) is 43.5 Å². The van der Waals surface area contributed by atoms with Gasteiger partial charge in [0, 0.05) is 12.2 Å². The molecule has 1 heterocycles. The zero-order valence-electron chi connectivity index (χ0n) is 10.0. The van der Waals surface area contributed by atoms with Gasteiger partial charge in [-0.25, -0.2) is 0 Å². The summed E-state index contributed by atoms with van der Waals surface area (Å²) < 4.78 is 5.09. The van der Waals surface area contributed by atoms with Crippen LogP contribution in [0.5, 0.6) is 5.75 Å². The number of anilines is 1. The molecule has 1 aliphatic heterocycles. The van der Waals surface area contributed by atoms with E-state index in [4.69, 9.17) is 4.74 Å². The van der Waals surface area contributed by atoms with Gasteiger partial charge in [-0.15, -0.1) is 0 Å². The predicted octanol–water partition coefficient (Wildman–Crippen LogP) is 1.78. The lowest BCUT2D eigenvalue weighted by Gasteiger charge is -2.16. The van der Waals surface area contributed by atoms with Gasteiger partial charge in [0.25, 0.3) is 0 Å². The summed E-state index contributed by atoms with van der Waals surface area (Å²) in [6.45, 7) is 0.791. The monoisotopic (exact) mass is 234 g/mol. The summed E-state index contributed by atoms with van der Waals surface area (Å²) in [7, 11) is 1.64. The van der Waals surface area contributed by atoms with Crippen LogP contribution in [0.25, 0.3) is 0 Å². The van der Waals surface area contributed by atoms with Gasteiger partial charge in [-0.3, -0.25) is 4.79 Å². The van der Waals surface area contributed by atoms with Crippen LogP contribution in [0.4, 0.5) is 5.69 Å². The predicted molar refractivity (Wildman–Crippen MR) is 67.3 cm³/mol.